The second-order valence-corrected chi connectivity index (χ2v) is 16.2. The van der Waals surface area contributed by atoms with Crippen LogP contribution in [0.5, 0.6) is 0 Å². The third-order valence-corrected chi connectivity index (χ3v) is 9.72. The second kappa shape index (κ2) is 41.7. The Labute approximate surface area is 404 Å². The maximum Gasteiger partial charge on any atom is 0.312 e. The van der Waals surface area contributed by atoms with Crippen LogP contribution in [-0.2, 0) is 62.0 Å². The highest BCUT2D eigenvalue weighted by molar-refractivity contribution is 5.95. The molecule has 0 aromatic heterocycles. The van der Waals surface area contributed by atoms with Gasteiger partial charge in [0.2, 0.25) is 29.5 Å². The first-order chi connectivity index (χ1) is 33.0. The summed E-state index contributed by atoms with van der Waals surface area (Å²) in [5.74, 6) is -4.72. The van der Waals surface area contributed by atoms with Crippen LogP contribution in [0.3, 0.4) is 0 Å². The van der Waals surface area contributed by atoms with Crippen LogP contribution in [0.4, 0.5) is 4.79 Å². The Balaban J connectivity index is 4.19. The maximum atomic E-state index is 13.4. The van der Waals surface area contributed by atoms with Crippen LogP contribution < -0.4 is 43.4 Å². The molecule has 0 saturated heterocycles. The van der Waals surface area contributed by atoms with Crippen molar-refractivity contribution in [2.45, 2.75) is 110 Å². The van der Waals surface area contributed by atoms with E-state index < -0.39 is 72.1 Å². The highest BCUT2D eigenvalue weighted by Gasteiger charge is 2.32. The second-order valence-electron chi connectivity index (χ2n) is 16.2. The summed E-state index contributed by atoms with van der Waals surface area (Å²) in [7, 11) is 0. The van der Waals surface area contributed by atoms with E-state index in [0.29, 0.717) is 78.4 Å². The number of nitrogens with zero attached hydrogens (tertiary/aromatic N) is 3. The fraction of sp³-hybridized carbons (Fsp3) is 0.814. The highest BCUT2D eigenvalue weighted by atomic mass is 16.5. The number of aliphatic carboxylic acids is 1. The number of ketones is 1. The van der Waals surface area contributed by atoms with Crippen molar-refractivity contribution >= 4 is 47.3 Å². The Hall–Kier alpha value is -5.21. The van der Waals surface area contributed by atoms with Crippen molar-refractivity contribution in [3.63, 3.8) is 0 Å². The van der Waals surface area contributed by atoms with E-state index in [9.17, 15) is 43.5 Å². The fourth-order valence-electron chi connectivity index (χ4n) is 5.92. The molecule has 11 N–H and O–H groups in total. The van der Waals surface area contributed by atoms with Gasteiger partial charge in [-0.25, -0.2) is 4.79 Å². The van der Waals surface area contributed by atoms with Crippen LogP contribution in [0.25, 0.3) is 10.4 Å². The minimum absolute atomic E-state index is 0.0164. The first-order valence-electron chi connectivity index (χ1n) is 23.5. The van der Waals surface area contributed by atoms with Crippen molar-refractivity contribution in [2.24, 2.45) is 28.4 Å². The predicted molar refractivity (Wildman–Crippen MR) is 250 cm³/mol. The van der Waals surface area contributed by atoms with E-state index in [2.05, 4.69) is 41.9 Å². The number of carboxylic acids is 1. The molecule has 0 heterocycles. The van der Waals surface area contributed by atoms with Gasteiger partial charge in [-0.3, -0.25) is 33.6 Å². The average Bonchev–Trinajstić information content (AvgIpc) is 3.30. The number of hydrogen-bond donors (Lipinski definition) is 9. The Bertz CT molecular complexity index is 1550. The van der Waals surface area contributed by atoms with E-state index in [0.717, 1.165) is 0 Å². The molecule has 0 rings (SSSR count). The van der Waals surface area contributed by atoms with Crippen molar-refractivity contribution in [1.29, 1.82) is 0 Å². The normalized spacial score (nSPS) is 12.8. The summed E-state index contributed by atoms with van der Waals surface area (Å²) in [5.41, 5.74) is 19.2. The zero-order chi connectivity index (χ0) is 51.7. The molecule has 26 heteroatoms. The van der Waals surface area contributed by atoms with Crippen LogP contribution in [0.15, 0.2) is 5.11 Å². The topological polar surface area (TPSA) is 385 Å². The third kappa shape index (κ3) is 36.4. The van der Waals surface area contributed by atoms with E-state index in [4.69, 9.17) is 45.4 Å². The largest absolute Gasteiger partial charge is 0.481 e. The predicted octanol–water partition coefficient (Wildman–Crippen LogP) is -0.445. The van der Waals surface area contributed by atoms with Gasteiger partial charge in [-0.2, -0.15) is 0 Å². The minimum Gasteiger partial charge on any atom is -0.481 e. The molecular weight excluding hydrogens is 911 g/mol. The van der Waals surface area contributed by atoms with E-state index >= 15 is 0 Å². The van der Waals surface area contributed by atoms with E-state index in [-0.39, 0.29) is 96.1 Å². The summed E-state index contributed by atoms with van der Waals surface area (Å²) in [4.78, 5) is 101. The summed E-state index contributed by atoms with van der Waals surface area (Å²) >= 11 is 0. The molecule has 4 unspecified atom stereocenters. The number of nitrogens with two attached hydrogens (primary N) is 2. The molecule has 396 valence electrons. The van der Waals surface area contributed by atoms with Crippen molar-refractivity contribution in [3.8, 4) is 0 Å². The third-order valence-electron chi connectivity index (χ3n) is 9.72. The fourth-order valence-corrected chi connectivity index (χ4v) is 5.92. The lowest BCUT2D eigenvalue weighted by molar-refractivity contribution is -0.138. The molecule has 0 radical (unpaired) electrons. The van der Waals surface area contributed by atoms with Gasteiger partial charge in [-0.05, 0) is 43.6 Å². The van der Waals surface area contributed by atoms with E-state index in [1.54, 1.807) is 27.7 Å². The molecule has 4 atom stereocenters. The zero-order valence-electron chi connectivity index (χ0n) is 40.8. The number of nitrogens with one attached hydrogen (secondary N) is 6. The van der Waals surface area contributed by atoms with E-state index in [1.807, 2.05) is 0 Å². The van der Waals surface area contributed by atoms with Gasteiger partial charge >= 0.3 is 12.0 Å². The number of carbonyl (C=O) groups is 8. The number of ether oxygens (including phenoxy) is 6. The molecule has 7 amide bonds. The quantitative estimate of drug-likeness (QED) is 0.0162. The standard InChI is InChI=1S/C43H79N11O15/c1-30(2)38(42(62)52-33(39(59)31(3)4)9-7-14-49-43(45)63)53-41(61)34(10-11-37(57)58)51-36(56)13-19-65-23-27-69-28-24-66-20-16-47-35(55)12-18-64-22-26-68-29-25-67-21-17-48-40(60)32(44)8-5-6-15-50-54-46/h30-34,38H,5-29,44H2,1-4H3,(H,47,55)(H,48,60)(H,51,56)(H,52,62)(H,53,61)(H,57,58)(H3,45,49,63). The van der Waals surface area contributed by atoms with E-state index in [1.165, 1.54) is 0 Å². The van der Waals surface area contributed by atoms with Crippen LogP contribution >= 0.6 is 0 Å². The highest BCUT2D eigenvalue weighted by Crippen LogP contribution is 2.10. The number of urea groups is 1. The Morgan fingerprint density at radius 1 is 0.565 bits per heavy atom. The number of carboxylic acid groups (broad SMARTS) is 1. The van der Waals surface area contributed by atoms with Crippen LogP contribution in [0.2, 0.25) is 0 Å². The number of azide groups is 1. The molecule has 0 aromatic carbocycles. The first-order valence-corrected chi connectivity index (χ1v) is 23.5. The number of rotatable bonds is 45. The molecule has 26 nitrogen and oxygen atoms in total. The van der Waals surface area contributed by atoms with Gasteiger partial charge in [0.05, 0.1) is 91.4 Å². The number of carbonyl (C=O) groups excluding carboxylic acids is 7. The van der Waals surface area contributed by atoms with Crippen molar-refractivity contribution < 1.29 is 71.9 Å². The molecular formula is C43H79N11O15. The molecule has 69 heavy (non-hydrogen) atoms. The lowest BCUT2D eigenvalue weighted by Gasteiger charge is -2.27. The molecule has 0 spiro atoms. The van der Waals surface area contributed by atoms with Gasteiger partial charge in [0.25, 0.3) is 0 Å². The number of Topliss-reactive ketones (excluding diaryl/α,β-unsaturated/α-hetero) is 1. The van der Waals surface area contributed by atoms with Crippen LogP contribution in [0, 0.1) is 11.8 Å². The van der Waals surface area contributed by atoms with Gasteiger partial charge in [-0.1, -0.05) is 39.2 Å². The lowest BCUT2D eigenvalue weighted by atomic mass is 9.96. The van der Waals surface area contributed by atoms with Gasteiger partial charge in [0, 0.05) is 56.3 Å². The zero-order valence-corrected chi connectivity index (χ0v) is 40.8. The number of amides is 7. The Morgan fingerprint density at radius 3 is 1.62 bits per heavy atom. The molecule has 0 aliphatic heterocycles. The van der Waals surface area contributed by atoms with Gasteiger partial charge in [0.15, 0.2) is 5.78 Å². The molecule has 0 saturated carbocycles. The number of unbranched alkanes of at least 4 members (excludes halogenated alkanes) is 1. The van der Waals surface area contributed by atoms with Crippen molar-refractivity contribution in [1.82, 2.24) is 31.9 Å². The summed E-state index contributed by atoms with van der Waals surface area (Å²) in [6.07, 6.45) is 1.77. The maximum absolute atomic E-state index is 13.4. The summed E-state index contributed by atoms with van der Waals surface area (Å²) in [6.45, 7) is 10.9. The Kier molecular flexibility index (Phi) is 38.6. The van der Waals surface area contributed by atoms with Gasteiger partial charge in [-0.15, -0.1) is 0 Å². The molecule has 0 aromatic rings. The smallest absolute Gasteiger partial charge is 0.312 e. The SMILES string of the molecule is CC(C)C(=O)C(CCCNC(N)=O)NC(=O)C(NC(=O)C(CCC(=O)O)NC(=O)CCOCCOCCOCCNC(=O)CCOCCOCCOCCNC(=O)C(N)CCCCN=[N+]=[N-])C(C)C. The summed E-state index contributed by atoms with van der Waals surface area (Å²) in [6, 6.07) is -4.63. The average molecular weight is 990 g/mol. The van der Waals surface area contributed by atoms with Crippen LogP contribution in [-0.4, -0.2) is 182 Å². The van der Waals surface area contributed by atoms with Crippen molar-refractivity contribution in [3.05, 3.63) is 10.4 Å². The minimum atomic E-state index is -1.27. The van der Waals surface area contributed by atoms with Gasteiger partial charge in [0.1, 0.15) is 12.1 Å². The summed E-state index contributed by atoms with van der Waals surface area (Å²) in [5, 5.41) is 28.4. The van der Waals surface area contributed by atoms with Crippen LogP contribution in [0.1, 0.15) is 85.5 Å². The van der Waals surface area contributed by atoms with Crippen molar-refractivity contribution in [2.75, 3.05) is 105 Å². The number of primary amides is 1. The van der Waals surface area contributed by atoms with Gasteiger partial charge < -0.3 is 76.9 Å². The molecule has 0 aliphatic carbocycles. The Morgan fingerprint density at radius 2 is 1.10 bits per heavy atom. The first kappa shape index (κ1) is 63.8. The molecule has 0 fully saturated rings. The lowest BCUT2D eigenvalue weighted by Crippen LogP contribution is -2.57. The summed E-state index contributed by atoms with van der Waals surface area (Å²) < 4.78 is 32.6. The number of hydrogen-bond acceptors (Lipinski definition) is 16. The molecule has 0 bridgehead atoms. The monoisotopic (exact) mass is 990 g/mol. The molecule has 0 aliphatic rings.